The highest BCUT2D eigenvalue weighted by molar-refractivity contribution is 5.98. The summed E-state index contributed by atoms with van der Waals surface area (Å²) >= 11 is 0. The Labute approximate surface area is 93.5 Å². The molecule has 1 rings (SSSR count). The normalized spacial score (nSPS) is 10.1. The van der Waals surface area contributed by atoms with E-state index in [1.165, 1.54) is 12.1 Å². The van der Waals surface area contributed by atoms with Crippen LogP contribution < -0.4 is 0 Å². The Bertz CT molecular complexity index is 409. The van der Waals surface area contributed by atoms with Crippen LogP contribution in [0.15, 0.2) is 18.2 Å². The number of carbonyl (C=O) groups excluding carboxylic acids is 1. The van der Waals surface area contributed by atoms with Gasteiger partial charge >= 0.3 is 5.97 Å². The van der Waals surface area contributed by atoms with Crippen molar-refractivity contribution in [2.24, 2.45) is 0 Å². The standard InChI is InChI=1S/C12H14O4/c1-2-8-7-9(13)3-4-10(8)11(14)5-6-12(15)16/h3-4,7,13H,2,5-6H2,1H3,(H,15,16). The zero-order chi connectivity index (χ0) is 12.1. The highest BCUT2D eigenvalue weighted by atomic mass is 16.4. The lowest BCUT2D eigenvalue weighted by Gasteiger charge is -2.06. The Balaban J connectivity index is 2.86. The van der Waals surface area contributed by atoms with Crippen LogP contribution in [0.25, 0.3) is 0 Å². The quantitative estimate of drug-likeness (QED) is 0.747. The molecule has 2 N–H and O–H groups in total. The molecule has 16 heavy (non-hydrogen) atoms. The van der Waals surface area contributed by atoms with Gasteiger partial charge in [-0.15, -0.1) is 0 Å². The van der Waals surface area contributed by atoms with Crippen molar-refractivity contribution in [3.8, 4) is 5.75 Å². The average molecular weight is 222 g/mol. The van der Waals surface area contributed by atoms with Crippen molar-refractivity contribution >= 4 is 11.8 Å². The van der Waals surface area contributed by atoms with Crippen molar-refractivity contribution in [2.75, 3.05) is 0 Å². The minimum absolute atomic E-state index is 0.00684. The van der Waals surface area contributed by atoms with Crippen molar-refractivity contribution in [1.82, 2.24) is 0 Å². The first-order valence-corrected chi connectivity index (χ1v) is 5.11. The van der Waals surface area contributed by atoms with Crippen LogP contribution in [0.5, 0.6) is 5.75 Å². The smallest absolute Gasteiger partial charge is 0.303 e. The van der Waals surface area contributed by atoms with Crippen LogP contribution in [-0.4, -0.2) is 22.0 Å². The summed E-state index contributed by atoms with van der Waals surface area (Å²) in [5.41, 5.74) is 1.25. The zero-order valence-electron chi connectivity index (χ0n) is 9.06. The first-order chi connectivity index (χ1) is 7.54. The van der Waals surface area contributed by atoms with Gasteiger partial charge in [-0.2, -0.15) is 0 Å². The molecule has 0 amide bonds. The second kappa shape index (κ2) is 5.30. The first kappa shape index (κ1) is 12.2. The van der Waals surface area contributed by atoms with Crippen molar-refractivity contribution in [2.45, 2.75) is 26.2 Å². The van der Waals surface area contributed by atoms with E-state index < -0.39 is 5.97 Å². The minimum Gasteiger partial charge on any atom is -0.508 e. The summed E-state index contributed by atoms with van der Waals surface area (Å²) < 4.78 is 0. The van der Waals surface area contributed by atoms with Gasteiger partial charge in [0.1, 0.15) is 5.75 Å². The number of rotatable bonds is 5. The summed E-state index contributed by atoms with van der Waals surface area (Å²) in [5.74, 6) is -1.06. The topological polar surface area (TPSA) is 74.6 Å². The molecule has 0 unspecified atom stereocenters. The first-order valence-electron chi connectivity index (χ1n) is 5.11. The fraction of sp³-hybridized carbons (Fsp3) is 0.333. The van der Waals surface area contributed by atoms with Crippen LogP contribution in [0.2, 0.25) is 0 Å². The zero-order valence-corrected chi connectivity index (χ0v) is 9.06. The molecule has 1 aromatic carbocycles. The van der Waals surface area contributed by atoms with E-state index in [0.717, 1.165) is 5.56 Å². The van der Waals surface area contributed by atoms with E-state index >= 15 is 0 Å². The Morgan fingerprint density at radius 2 is 1.94 bits per heavy atom. The van der Waals surface area contributed by atoms with E-state index in [2.05, 4.69) is 0 Å². The molecule has 0 saturated carbocycles. The summed E-state index contributed by atoms with van der Waals surface area (Å²) in [6, 6.07) is 4.51. The third-order valence-electron chi connectivity index (χ3n) is 2.34. The molecular weight excluding hydrogens is 208 g/mol. The third kappa shape index (κ3) is 3.08. The van der Waals surface area contributed by atoms with Gasteiger partial charge in [0.25, 0.3) is 0 Å². The van der Waals surface area contributed by atoms with Crippen LogP contribution >= 0.6 is 0 Å². The predicted molar refractivity (Wildman–Crippen MR) is 58.7 cm³/mol. The number of hydrogen-bond donors (Lipinski definition) is 2. The van der Waals surface area contributed by atoms with E-state index in [4.69, 9.17) is 5.11 Å². The van der Waals surface area contributed by atoms with Gasteiger partial charge in [0.2, 0.25) is 0 Å². The molecular formula is C12H14O4. The van der Waals surface area contributed by atoms with Crippen molar-refractivity contribution in [3.05, 3.63) is 29.3 Å². The van der Waals surface area contributed by atoms with Crippen molar-refractivity contribution in [3.63, 3.8) is 0 Å². The number of phenolic OH excluding ortho intramolecular Hbond substituents is 1. The van der Waals surface area contributed by atoms with Crippen LogP contribution in [0.3, 0.4) is 0 Å². The van der Waals surface area contributed by atoms with Crippen LogP contribution in [0.1, 0.15) is 35.7 Å². The van der Waals surface area contributed by atoms with E-state index in [1.54, 1.807) is 6.07 Å². The monoisotopic (exact) mass is 222 g/mol. The van der Waals surface area contributed by atoms with Crippen LogP contribution in [0.4, 0.5) is 0 Å². The number of phenols is 1. The number of carboxylic acid groups (broad SMARTS) is 1. The molecule has 0 spiro atoms. The van der Waals surface area contributed by atoms with Gasteiger partial charge in [-0.3, -0.25) is 9.59 Å². The molecule has 0 bridgehead atoms. The SMILES string of the molecule is CCc1cc(O)ccc1C(=O)CCC(=O)O. The Morgan fingerprint density at radius 1 is 1.25 bits per heavy atom. The molecule has 0 atom stereocenters. The molecule has 0 aliphatic rings. The maximum Gasteiger partial charge on any atom is 0.303 e. The number of hydrogen-bond acceptors (Lipinski definition) is 3. The van der Waals surface area contributed by atoms with E-state index in [1.807, 2.05) is 6.92 Å². The predicted octanol–water partition coefficient (Wildman–Crippen LogP) is 2.00. The van der Waals surface area contributed by atoms with Gasteiger partial charge < -0.3 is 10.2 Å². The molecule has 86 valence electrons. The largest absolute Gasteiger partial charge is 0.508 e. The molecule has 4 heteroatoms. The Kier molecular flexibility index (Phi) is 4.05. The molecule has 0 aromatic heterocycles. The van der Waals surface area contributed by atoms with Gasteiger partial charge in [0.05, 0.1) is 6.42 Å². The second-order valence-corrected chi connectivity index (χ2v) is 3.51. The van der Waals surface area contributed by atoms with Gasteiger partial charge in [-0.25, -0.2) is 0 Å². The highest BCUT2D eigenvalue weighted by Gasteiger charge is 2.12. The van der Waals surface area contributed by atoms with E-state index in [-0.39, 0.29) is 24.4 Å². The molecule has 0 aliphatic carbocycles. The van der Waals surface area contributed by atoms with Crippen molar-refractivity contribution in [1.29, 1.82) is 0 Å². The number of aliphatic carboxylic acids is 1. The number of carbonyl (C=O) groups is 2. The molecule has 1 aromatic rings. The summed E-state index contributed by atoms with van der Waals surface area (Å²) in [6.07, 6.45) is 0.457. The highest BCUT2D eigenvalue weighted by Crippen LogP contribution is 2.19. The molecule has 0 aliphatic heterocycles. The van der Waals surface area contributed by atoms with Crippen LogP contribution in [-0.2, 0) is 11.2 Å². The van der Waals surface area contributed by atoms with E-state index in [0.29, 0.717) is 12.0 Å². The Morgan fingerprint density at radius 3 is 2.50 bits per heavy atom. The van der Waals surface area contributed by atoms with Crippen molar-refractivity contribution < 1.29 is 19.8 Å². The fourth-order valence-corrected chi connectivity index (χ4v) is 1.50. The number of aryl methyl sites for hydroxylation is 1. The lowest BCUT2D eigenvalue weighted by molar-refractivity contribution is -0.136. The number of ketones is 1. The molecule has 0 radical (unpaired) electrons. The second-order valence-electron chi connectivity index (χ2n) is 3.51. The lowest BCUT2D eigenvalue weighted by atomic mass is 9.98. The molecule has 0 saturated heterocycles. The number of carboxylic acids is 1. The molecule has 0 fully saturated rings. The number of aromatic hydroxyl groups is 1. The van der Waals surface area contributed by atoms with Gasteiger partial charge in [0, 0.05) is 12.0 Å². The maximum absolute atomic E-state index is 11.7. The third-order valence-corrected chi connectivity index (χ3v) is 2.34. The summed E-state index contributed by atoms with van der Waals surface area (Å²) in [6.45, 7) is 1.88. The summed E-state index contributed by atoms with van der Waals surface area (Å²) in [5, 5.41) is 17.8. The minimum atomic E-state index is -0.981. The molecule has 0 heterocycles. The van der Waals surface area contributed by atoms with E-state index in [9.17, 15) is 14.7 Å². The number of benzene rings is 1. The van der Waals surface area contributed by atoms with Gasteiger partial charge in [0.15, 0.2) is 5.78 Å². The lowest BCUT2D eigenvalue weighted by Crippen LogP contribution is -2.06. The van der Waals surface area contributed by atoms with Crippen LogP contribution in [0, 0.1) is 0 Å². The van der Waals surface area contributed by atoms with Gasteiger partial charge in [-0.1, -0.05) is 6.92 Å². The maximum atomic E-state index is 11.7. The fourth-order valence-electron chi connectivity index (χ4n) is 1.50. The summed E-state index contributed by atoms with van der Waals surface area (Å²) in [4.78, 5) is 22.0. The Hall–Kier alpha value is -1.84. The summed E-state index contributed by atoms with van der Waals surface area (Å²) in [7, 11) is 0. The molecule has 4 nitrogen and oxygen atoms in total. The number of Topliss-reactive ketones (excluding diaryl/α,β-unsaturated/α-hetero) is 1. The van der Waals surface area contributed by atoms with Gasteiger partial charge in [-0.05, 0) is 30.2 Å². The average Bonchev–Trinajstić information content (AvgIpc) is 2.25.